The molecule has 2 aliphatic rings. The number of piperidine rings is 1. The number of hydrogen-bond acceptors (Lipinski definition) is 7. The molecule has 3 aromatic heterocycles. The van der Waals surface area contributed by atoms with Crippen LogP contribution >= 0.6 is 34.5 Å². The molecule has 0 saturated carbocycles. The molecule has 1 N–H and O–H groups in total. The summed E-state index contributed by atoms with van der Waals surface area (Å²) in [4.78, 5) is 22.0. The van der Waals surface area contributed by atoms with E-state index in [2.05, 4.69) is 39.9 Å². The highest BCUT2D eigenvalue weighted by Crippen LogP contribution is 2.54. The Balaban J connectivity index is 1.26. The van der Waals surface area contributed by atoms with E-state index in [0.717, 1.165) is 49.7 Å². The molecular formula is C27H23Cl2FN4O3S. The van der Waals surface area contributed by atoms with E-state index in [0.29, 0.717) is 31.1 Å². The molecule has 1 aliphatic carbocycles. The van der Waals surface area contributed by atoms with E-state index in [-0.39, 0.29) is 22.4 Å². The summed E-state index contributed by atoms with van der Waals surface area (Å²) in [7, 11) is 0. The van der Waals surface area contributed by atoms with Gasteiger partial charge in [-0.3, -0.25) is 4.98 Å². The van der Waals surface area contributed by atoms with Gasteiger partial charge in [0.25, 0.3) is 0 Å². The Morgan fingerprint density at radius 3 is 2.50 bits per heavy atom. The van der Waals surface area contributed by atoms with Gasteiger partial charge < -0.3 is 14.5 Å². The van der Waals surface area contributed by atoms with Crippen molar-refractivity contribution in [3.05, 3.63) is 63.4 Å². The lowest BCUT2D eigenvalue weighted by atomic mass is 9.63. The summed E-state index contributed by atoms with van der Waals surface area (Å²) in [6.07, 6.45) is 8.16. The molecule has 0 bridgehead atoms. The molecule has 0 radical (unpaired) electrons. The number of benzene rings is 1. The number of aromatic carboxylic acids is 1. The first-order valence-electron chi connectivity index (χ1n) is 12.2. The van der Waals surface area contributed by atoms with Crippen LogP contribution in [0.1, 0.15) is 60.7 Å². The molecule has 1 saturated heterocycles. The van der Waals surface area contributed by atoms with Crippen LogP contribution < -0.4 is 4.90 Å². The summed E-state index contributed by atoms with van der Waals surface area (Å²) >= 11 is 14.2. The second-order valence-electron chi connectivity index (χ2n) is 10.2. The number of rotatable bonds is 5. The predicted molar refractivity (Wildman–Crippen MR) is 147 cm³/mol. The van der Waals surface area contributed by atoms with Crippen LogP contribution in [-0.2, 0) is 0 Å². The average Bonchev–Trinajstić information content (AvgIpc) is 3.48. The number of aromatic nitrogens is 3. The Hall–Kier alpha value is -3.01. The number of carboxylic acid groups (broad SMARTS) is 1. The molecule has 0 atom stereocenters. The number of carboxylic acids is 1. The van der Waals surface area contributed by atoms with Crippen molar-refractivity contribution in [1.82, 2.24) is 15.1 Å². The number of fused-ring (bicyclic) bond motifs is 1. The molecule has 0 unspecified atom stereocenters. The lowest BCUT2D eigenvalue weighted by Gasteiger charge is -2.46. The number of pyridine rings is 1. The van der Waals surface area contributed by atoms with E-state index in [4.69, 9.17) is 27.7 Å². The Labute approximate surface area is 231 Å². The fraction of sp³-hybridized carbons (Fsp3) is 0.333. The second-order valence-corrected chi connectivity index (χ2v) is 12.0. The van der Waals surface area contributed by atoms with Gasteiger partial charge >= 0.3 is 5.97 Å². The topological polar surface area (TPSA) is 92.4 Å². The van der Waals surface area contributed by atoms with Crippen molar-refractivity contribution >= 4 is 61.4 Å². The molecule has 7 nitrogen and oxygen atoms in total. The maximum absolute atomic E-state index is 14.5. The van der Waals surface area contributed by atoms with Crippen molar-refractivity contribution in [2.75, 3.05) is 18.0 Å². The number of halogens is 3. The lowest BCUT2D eigenvalue weighted by Crippen LogP contribution is -2.42. The van der Waals surface area contributed by atoms with Crippen LogP contribution in [0.4, 0.5) is 9.52 Å². The zero-order valence-electron chi connectivity index (χ0n) is 20.6. The molecule has 4 heterocycles. The molecule has 1 spiro atoms. The standard InChI is InChI=1S/C27H23Cl2FN4O3S/c1-13(2)24-20(23(33-37-24)21-16(28)11-31-12-17(21)29)15-9-27(10-15)3-5-34(6-4-27)26-32-22-18(30)7-14(25(35)36)8-19(22)38-26/h7-9,11-13H,3-6,10H2,1-2H3,(H,35,36). The molecule has 11 heteroatoms. The average molecular weight is 573 g/mol. The second kappa shape index (κ2) is 9.32. The lowest BCUT2D eigenvalue weighted by molar-refractivity contribution is 0.0696. The maximum atomic E-state index is 14.5. The van der Waals surface area contributed by atoms with E-state index < -0.39 is 11.8 Å². The minimum Gasteiger partial charge on any atom is -0.478 e. The monoisotopic (exact) mass is 572 g/mol. The van der Waals surface area contributed by atoms with Gasteiger partial charge in [0, 0.05) is 42.5 Å². The van der Waals surface area contributed by atoms with Gasteiger partial charge in [-0.2, -0.15) is 0 Å². The van der Waals surface area contributed by atoms with Crippen molar-refractivity contribution in [2.45, 2.75) is 39.0 Å². The highest BCUT2D eigenvalue weighted by atomic mass is 35.5. The first-order chi connectivity index (χ1) is 18.2. The minimum absolute atomic E-state index is 0.0544. The Kier molecular flexibility index (Phi) is 6.20. The number of hydrogen-bond donors (Lipinski definition) is 1. The first-order valence-corrected chi connectivity index (χ1v) is 13.8. The van der Waals surface area contributed by atoms with Crippen LogP contribution in [0.2, 0.25) is 10.0 Å². The summed E-state index contributed by atoms with van der Waals surface area (Å²) in [6, 6.07) is 2.51. The first kappa shape index (κ1) is 25.3. The molecular weight excluding hydrogens is 550 g/mol. The molecule has 1 fully saturated rings. The molecule has 6 rings (SSSR count). The summed E-state index contributed by atoms with van der Waals surface area (Å²) in [5, 5.41) is 15.2. The van der Waals surface area contributed by atoms with E-state index in [1.54, 1.807) is 12.4 Å². The third-order valence-electron chi connectivity index (χ3n) is 7.39. The molecule has 38 heavy (non-hydrogen) atoms. The van der Waals surface area contributed by atoms with Crippen molar-refractivity contribution in [2.24, 2.45) is 5.41 Å². The van der Waals surface area contributed by atoms with Crippen molar-refractivity contribution in [3.63, 3.8) is 0 Å². The maximum Gasteiger partial charge on any atom is 0.335 e. The zero-order valence-corrected chi connectivity index (χ0v) is 22.9. The third-order valence-corrected chi connectivity index (χ3v) is 9.03. The largest absolute Gasteiger partial charge is 0.478 e. The summed E-state index contributed by atoms with van der Waals surface area (Å²) in [6.45, 7) is 5.67. The van der Waals surface area contributed by atoms with Crippen LogP contribution in [-0.4, -0.2) is 39.3 Å². The Bertz CT molecular complexity index is 1600. The predicted octanol–water partition coefficient (Wildman–Crippen LogP) is 7.69. The van der Waals surface area contributed by atoms with Gasteiger partial charge in [0.15, 0.2) is 10.9 Å². The Morgan fingerprint density at radius 1 is 1.18 bits per heavy atom. The van der Waals surface area contributed by atoms with Gasteiger partial charge in [0.2, 0.25) is 0 Å². The minimum atomic E-state index is -1.15. The van der Waals surface area contributed by atoms with Gasteiger partial charge in [0.1, 0.15) is 17.0 Å². The van der Waals surface area contributed by atoms with E-state index in [9.17, 15) is 14.3 Å². The fourth-order valence-electron chi connectivity index (χ4n) is 5.40. The van der Waals surface area contributed by atoms with Crippen LogP contribution in [0.15, 0.2) is 35.1 Å². The highest BCUT2D eigenvalue weighted by Gasteiger charge is 2.43. The number of carbonyl (C=O) groups is 1. The summed E-state index contributed by atoms with van der Waals surface area (Å²) in [5.74, 6) is -0.827. The van der Waals surface area contributed by atoms with E-state index in [1.807, 2.05) is 0 Å². The summed E-state index contributed by atoms with van der Waals surface area (Å²) < 4.78 is 20.8. The molecule has 0 amide bonds. The quantitative estimate of drug-likeness (QED) is 0.262. The van der Waals surface area contributed by atoms with Gasteiger partial charge in [-0.05, 0) is 42.4 Å². The summed E-state index contributed by atoms with van der Waals surface area (Å²) in [5.41, 5.74) is 3.60. The van der Waals surface area contributed by atoms with E-state index >= 15 is 0 Å². The smallest absolute Gasteiger partial charge is 0.335 e. The van der Waals surface area contributed by atoms with Gasteiger partial charge in [-0.1, -0.05) is 59.6 Å². The van der Waals surface area contributed by atoms with Crippen molar-refractivity contribution in [3.8, 4) is 11.3 Å². The Morgan fingerprint density at radius 2 is 1.87 bits per heavy atom. The van der Waals surface area contributed by atoms with Gasteiger partial charge in [-0.25, -0.2) is 14.2 Å². The van der Waals surface area contributed by atoms with Crippen molar-refractivity contribution < 1.29 is 18.8 Å². The molecule has 1 aromatic carbocycles. The van der Waals surface area contributed by atoms with Crippen LogP contribution in [0.3, 0.4) is 0 Å². The van der Waals surface area contributed by atoms with Gasteiger partial charge in [0.05, 0.1) is 20.3 Å². The number of thiazole rings is 1. The normalized spacial score (nSPS) is 16.8. The van der Waals surface area contributed by atoms with E-state index in [1.165, 1.54) is 23.0 Å². The number of nitrogens with zero attached hydrogens (tertiary/aromatic N) is 4. The highest BCUT2D eigenvalue weighted by molar-refractivity contribution is 7.22. The number of anilines is 1. The third kappa shape index (κ3) is 4.17. The number of allylic oxidation sites excluding steroid dienone is 2. The SMILES string of the molecule is CC(C)c1onc(-c2c(Cl)cncc2Cl)c1C1=CC2(CCN(c3nc4c(F)cc(C(=O)O)cc4s3)CC2)C1. The molecule has 1 aliphatic heterocycles. The van der Waals surface area contributed by atoms with Crippen molar-refractivity contribution in [1.29, 1.82) is 0 Å². The zero-order chi connectivity index (χ0) is 26.8. The fourth-order valence-corrected chi connectivity index (χ4v) is 7.01. The molecule has 4 aromatic rings. The van der Waals surface area contributed by atoms with Crippen LogP contribution in [0, 0.1) is 11.2 Å². The molecule has 196 valence electrons. The van der Waals surface area contributed by atoms with Gasteiger partial charge in [-0.15, -0.1) is 0 Å². The van der Waals surface area contributed by atoms with Crippen LogP contribution in [0.25, 0.3) is 27.0 Å². The van der Waals surface area contributed by atoms with Crippen LogP contribution in [0.5, 0.6) is 0 Å².